The van der Waals surface area contributed by atoms with Crippen molar-refractivity contribution in [1.82, 2.24) is 15.0 Å². The van der Waals surface area contributed by atoms with Gasteiger partial charge in [0.25, 0.3) is 0 Å². The van der Waals surface area contributed by atoms with Gasteiger partial charge < -0.3 is 0 Å². The van der Waals surface area contributed by atoms with Crippen molar-refractivity contribution in [3.8, 4) is 11.4 Å². The predicted molar refractivity (Wildman–Crippen MR) is 85.0 cm³/mol. The molecule has 2 aromatic carbocycles. The normalized spacial score (nSPS) is 11.1. The molecule has 0 fully saturated rings. The summed E-state index contributed by atoms with van der Waals surface area (Å²) in [5.74, 6) is 0. The van der Waals surface area contributed by atoms with Crippen molar-refractivity contribution in [2.45, 2.75) is 6.92 Å². The number of aromatic nitrogens is 3. The van der Waals surface area contributed by atoms with Crippen molar-refractivity contribution in [2.24, 2.45) is 0 Å². The summed E-state index contributed by atoms with van der Waals surface area (Å²) < 4.78 is 0. The van der Waals surface area contributed by atoms with Gasteiger partial charge in [0.2, 0.25) is 0 Å². The average Bonchev–Trinajstić information content (AvgIpc) is 2.54. The van der Waals surface area contributed by atoms with Crippen LogP contribution in [0.4, 0.5) is 0 Å². The molecule has 4 rings (SSSR count). The zero-order chi connectivity index (χ0) is 14.2. The molecule has 0 N–H and O–H groups in total. The summed E-state index contributed by atoms with van der Waals surface area (Å²) in [5.41, 5.74) is 5.66. The maximum Gasteiger partial charge on any atom is 0.108 e. The van der Waals surface area contributed by atoms with E-state index in [1.807, 2.05) is 36.4 Å². The molecule has 2 heterocycles. The Hall–Kier alpha value is -2.81. The highest BCUT2D eigenvalue weighted by molar-refractivity contribution is 5.82. The Morgan fingerprint density at radius 1 is 0.714 bits per heavy atom. The van der Waals surface area contributed by atoms with E-state index in [0.717, 1.165) is 33.3 Å². The molecular formula is C18H13N3. The second-order valence-corrected chi connectivity index (χ2v) is 5.14. The zero-order valence-electron chi connectivity index (χ0n) is 11.6. The van der Waals surface area contributed by atoms with Crippen molar-refractivity contribution in [3.05, 3.63) is 66.4 Å². The lowest BCUT2D eigenvalue weighted by molar-refractivity contribution is 1.26. The molecule has 0 radical (unpaired) electrons. The van der Waals surface area contributed by atoms with E-state index in [1.165, 1.54) is 5.56 Å². The van der Waals surface area contributed by atoms with Gasteiger partial charge in [-0.3, -0.25) is 4.98 Å². The number of fused-ring (bicyclic) bond motifs is 2. The van der Waals surface area contributed by atoms with Gasteiger partial charge in [0, 0.05) is 5.39 Å². The molecule has 0 atom stereocenters. The van der Waals surface area contributed by atoms with Crippen LogP contribution in [0, 0.1) is 6.92 Å². The van der Waals surface area contributed by atoms with Gasteiger partial charge in [0.1, 0.15) is 5.69 Å². The van der Waals surface area contributed by atoms with E-state index in [4.69, 9.17) is 4.98 Å². The van der Waals surface area contributed by atoms with Gasteiger partial charge in [0.05, 0.1) is 28.4 Å². The molecule has 0 saturated carbocycles. The van der Waals surface area contributed by atoms with Gasteiger partial charge in [-0.25, -0.2) is 9.97 Å². The molecule has 100 valence electrons. The Morgan fingerprint density at radius 2 is 1.52 bits per heavy atom. The summed E-state index contributed by atoms with van der Waals surface area (Å²) in [6.45, 7) is 2.09. The van der Waals surface area contributed by atoms with Crippen LogP contribution in [0.5, 0.6) is 0 Å². The lowest BCUT2D eigenvalue weighted by atomic mass is 10.1. The number of nitrogens with zero attached hydrogens (tertiary/aromatic N) is 3. The number of aryl methyl sites for hydroxylation is 1. The summed E-state index contributed by atoms with van der Waals surface area (Å²) in [5, 5.41) is 1.15. The molecule has 0 amide bonds. The molecule has 0 aliphatic heterocycles. The highest BCUT2D eigenvalue weighted by Crippen LogP contribution is 2.21. The number of para-hydroxylation sites is 2. The largest absolute Gasteiger partial charge is 0.252 e. The van der Waals surface area contributed by atoms with E-state index in [0.29, 0.717) is 0 Å². The summed E-state index contributed by atoms with van der Waals surface area (Å²) in [6, 6.07) is 18.2. The molecule has 21 heavy (non-hydrogen) atoms. The standard InChI is InChI=1S/C18H13N3/c1-12-6-8-14-13(10-12)7-9-17(20-14)18-11-19-15-4-2-3-5-16(15)21-18/h2-11H,1H3. The van der Waals surface area contributed by atoms with E-state index >= 15 is 0 Å². The molecule has 3 heteroatoms. The van der Waals surface area contributed by atoms with Gasteiger partial charge in [-0.15, -0.1) is 0 Å². The van der Waals surface area contributed by atoms with Crippen molar-refractivity contribution in [2.75, 3.05) is 0 Å². The lowest BCUT2D eigenvalue weighted by Gasteiger charge is -2.04. The Bertz CT molecular complexity index is 961. The van der Waals surface area contributed by atoms with Crippen LogP contribution < -0.4 is 0 Å². The number of hydrogen-bond acceptors (Lipinski definition) is 3. The van der Waals surface area contributed by atoms with E-state index in [2.05, 4.69) is 35.1 Å². The number of rotatable bonds is 1. The van der Waals surface area contributed by atoms with Crippen LogP contribution in [0.2, 0.25) is 0 Å². The van der Waals surface area contributed by atoms with Crippen molar-refractivity contribution >= 4 is 21.9 Å². The third-order valence-corrected chi connectivity index (χ3v) is 3.56. The van der Waals surface area contributed by atoms with Gasteiger partial charge >= 0.3 is 0 Å². The molecule has 2 aromatic heterocycles. The maximum absolute atomic E-state index is 4.69. The lowest BCUT2D eigenvalue weighted by Crippen LogP contribution is -1.91. The van der Waals surface area contributed by atoms with E-state index in [1.54, 1.807) is 6.20 Å². The fourth-order valence-electron chi connectivity index (χ4n) is 2.47. The minimum Gasteiger partial charge on any atom is -0.252 e. The SMILES string of the molecule is Cc1ccc2nc(-c3cnc4ccccc4n3)ccc2c1. The number of pyridine rings is 1. The second-order valence-electron chi connectivity index (χ2n) is 5.14. The molecule has 0 spiro atoms. The highest BCUT2D eigenvalue weighted by Gasteiger charge is 2.05. The smallest absolute Gasteiger partial charge is 0.108 e. The summed E-state index contributed by atoms with van der Waals surface area (Å²) in [7, 11) is 0. The topological polar surface area (TPSA) is 38.7 Å². The molecule has 0 aliphatic rings. The number of hydrogen-bond donors (Lipinski definition) is 0. The van der Waals surface area contributed by atoms with Gasteiger partial charge in [-0.2, -0.15) is 0 Å². The molecule has 0 unspecified atom stereocenters. The van der Waals surface area contributed by atoms with E-state index < -0.39 is 0 Å². The van der Waals surface area contributed by atoms with Crippen LogP contribution in [0.15, 0.2) is 60.8 Å². The zero-order valence-corrected chi connectivity index (χ0v) is 11.6. The molecule has 0 aliphatic carbocycles. The Labute approximate surface area is 122 Å². The third kappa shape index (κ3) is 2.13. The van der Waals surface area contributed by atoms with Crippen molar-refractivity contribution < 1.29 is 0 Å². The van der Waals surface area contributed by atoms with Gasteiger partial charge in [-0.05, 0) is 37.3 Å². The Morgan fingerprint density at radius 3 is 2.43 bits per heavy atom. The van der Waals surface area contributed by atoms with Gasteiger partial charge in [0.15, 0.2) is 0 Å². The third-order valence-electron chi connectivity index (χ3n) is 3.56. The molecule has 4 aromatic rings. The first-order valence-corrected chi connectivity index (χ1v) is 6.89. The fraction of sp³-hybridized carbons (Fsp3) is 0.0556. The van der Waals surface area contributed by atoms with Gasteiger partial charge in [-0.1, -0.05) is 29.8 Å². The first-order valence-electron chi connectivity index (χ1n) is 6.89. The highest BCUT2D eigenvalue weighted by atomic mass is 14.8. The molecular weight excluding hydrogens is 258 g/mol. The first kappa shape index (κ1) is 12.0. The van der Waals surface area contributed by atoms with Crippen LogP contribution in [-0.2, 0) is 0 Å². The van der Waals surface area contributed by atoms with Crippen LogP contribution >= 0.6 is 0 Å². The Kier molecular flexibility index (Phi) is 2.64. The second kappa shape index (κ2) is 4.63. The summed E-state index contributed by atoms with van der Waals surface area (Å²) in [4.78, 5) is 13.8. The molecule has 3 nitrogen and oxygen atoms in total. The van der Waals surface area contributed by atoms with Crippen LogP contribution in [0.3, 0.4) is 0 Å². The van der Waals surface area contributed by atoms with Crippen LogP contribution in [0.25, 0.3) is 33.3 Å². The van der Waals surface area contributed by atoms with Crippen LogP contribution in [0.1, 0.15) is 5.56 Å². The monoisotopic (exact) mass is 271 g/mol. The minimum absolute atomic E-state index is 0.802. The number of benzene rings is 2. The van der Waals surface area contributed by atoms with Crippen molar-refractivity contribution in [1.29, 1.82) is 0 Å². The Balaban J connectivity index is 1.89. The summed E-state index contributed by atoms with van der Waals surface area (Å²) >= 11 is 0. The fourth-order valence-corrected chi connectivity index (χ4v) is 2.47. The first-order chi connectivity index (χ1) is 10.3. The summed E-state index contributed by atoms with van der Waals surface area (Å²) in [6.07, 6.45) is 1.78. The predicted octanol–water partition coefficient (Wildman–Crippen LogP) is 4.15. The van der Waals surface area contributed by atoms with E-state index in [-0.39, 0.29) is 0 Å². The maximum atomic E-state index is 4.69. The van der Waals surface area contributed by atoms with Crippen LogP contribution in [-0.4, -0.2) is 15.0 Å². The van der Waals surface area contributed by atoms with E-state index in [9.17, 15) is 0 Å². The van der Waals surface area contributed by atoms with Crippen molar-refractivity contribution in [3.63, 3.8) is 0 Å². The molecule has 0 saturated heterocycles. The average molecular weight is 271 g/mol. The quantitative estimate of drug-likeness (QED) is 0.522. The minimum atomic E-state index is 0.802. The molecule has 0 bridgehead atoms.